The number of hydrogen-bond acceptors (Lipinski definition) is 4. The Morgan fingerprint density at radius 1 is 1.35 bits per heavy atom. The molecule has 7 nitrogen and oxygen atoms in total. The summed E-state index contributed by atoms with van der Waals surface area (Å²) < 4.78 is 3.83. The lowest BCUT2D eigenvalue weighted by Crippen LogP contribution is -2.55. The molecule has 0 aliphatic carbocycles. The normalized spacial score (nSPS) is 18.4. The molecule has 0 unspecified atom stereocenters. The highest BCUT2D eigenvalue weighted by atomic mass is 16.2. The van der Waals surface area contributed by atoms with Crippen molar-refractivity contribution in [3.05, 3.63) is 30.7 Å². The van der Waals surface area contributed by atoms with Gasteiger partial charge >= 0.3 is 0 Å². The molecule has 2 aromatic rings. The van der Waals surface area contributed by atoms with Crippen LogP contribution < -0.4 is 5.32 Å². The van der Waals surface area contributed by atoms with Gasteiger partial charge in [0.1, 0.15) is 5.82 Å². The van der Waals surface area contributed by atoms with E-state index in [9.17, 15) is 4.79 Å². The number of carbonyl (C=O) groups is 1. The Hall–Kier alpha value is -2.15. The van der Waals surface area contributed by atoms with Crippen LogP contribution in [0.4, 0.5) is 5.82 Å². The Balaban J connectivity index is 1.56. The van der Waals surface area contributed by atoms with Crippen molar-refractivity contribution in [1.82, 2.24) is 24.5 Å². The van der Waals surface area contributed by atoms with Crippen molar-refractivity contribution < 1.29 is 4.79 Å². The van der Waals surface area contributed by atoms with Crippen LogP contribution in [0.3, 0.4) is 0 Å². The Morgan fingerprint density at radius 2 is 2.13 bits per heavy atom. The number of likely N-dealkylation sites (tertiary alicyclic amines) is 1. The summed E-state index contributed by atoms with van der Waals surface area (Å²) in [6, 6.07) is 4.24. The van der Waals surface area contributed by atoms with E-state index in [1.165, 1.54) is 0 Å². The van der Waals surface area contributed by atoms with E-state index in [1.54, 1.807) is 12.4 Å². The quantitative estimate of drug-likeness (QED) is 0.884. The highest BCUT2D eigenvalue weighted by Crippen LogP contribution is 2.23. The standard InChI is InChI=1S/C16H24N6O/c1-4-12(2)22-15(6-8-18-22)19-16(23)13(3)20-10-14(11-20)21-9-5-7-17-21/h5-9,12-14H,4,10-11H2,1-3H3,(H,19,23)/t12-,13+/m0/s1. The van der Waals surface area contributed by atoms with Crippen LogP contribution in [0.15, 0.2) is 30.7 Å². The first kappa shape index (κ1) is 15.7. The van der Waals surface area contributed by atoms with Crippen LogP contribution >= 0.6 is 0 Å². The van der Waals surface area contributed by atoms with Crippen molar-refractivity contribution in [1.29, 1.82) is 0 Å². The predicted molar refractivity (Wildman–Crippen MR) is 88.2 cm³/mol. The average molecular weight is 316 g/mol. The number of rotatable bonds is 6. The molecular formula is C16H24N6O. The molecule has 124 valence electrons. The summed E-state index contributed by atoms with van der Waals surface area (Å²) in [5, 5.41) is 11.6. The number of amides is 1. The lowest BCUT2D eigenvalue weighted by Gasteiger charge is -2.42. The zero-order chi connectivity index (χ0) is 16.4. The molecule has 1 fully saturated rings. The van der Waals surface area contributed by atoms with Crippen molar-refractivity contribution in [3.63, 3.8) is 0 Å². The summed E-state index contributed by atoms with van der Waals surface area (Å²) in [6.07, 6.45) is 6.45. The second-order valence-electron chi connectivity index (χ2n) is 6.18. The maximum Gasteiger partial charge on any atom is 0.242 e. The van der Waals surface area contributed by atoms with Crippen molar-refractivity contribution in [2.45, 2.75) is 45.3 Å². The molecule has 23 heavy (non-hydrogen) atoms. The van der Waals surface area contributed by atoms with E-state index in [1.807, 2.05) is 34.6 Å². The fraction of sp³-hybridized carbons (Fsp3) is 0.562. The maximum atomic E-state index is 12.5. The molecule has 0 radical (unpaired) electrons. The molecule has 0 saturated carbocycles. The first-order valence-corrected chi connectivity index (χ1v) is 8.17. The van der Waals surface area contributed by atoms with Crippen molar-refractivity contribution in [2.24, 2.45) is 0 Å². The Labute approximate surface area is 136 Å². The SMILES string of the molecule is CC[C@H](C)n1nccc1NC(=O)[C@@H](C)N1CC(n2cccn2)C1. The van der Waals surface area contributed by atoms with Gasteiger partial charge in [-0.3, -0.25) is 14.4 Å². The molecule has 7 heteroatoms. The summed E-state index contributed by atoms with van der Waals surface area (Å²) in [5.41, 5.74) is 0. The number of nitrogens with zero attached hydrogens (tertiary/aromatic N) is 5. The molecule has 3 heterocycles. The topological polar surface area (TPSA) is 68.0 Å². The van der Waals surface area contributed by atoms with Crippen molar-refractivity contribution in [3.8, 4) is 0 Å². The van der Waals surface area contributed by atoms with E-state index in [0.717, 1.165) is 25.3 Å². The molecule has 1 amide bonds. The lowest BCUT2D eigenvalue weighted by atomic mass is 10.1. The van der Waals surface area contributed by atoms with Gasteiger partial charge in [-0.25, -0.2) is 4.68 Å². The summed E-state index contributed by atoms with van der Waals surface area (Å²) >= 11 is 0. The van der Waals surface area contributed by atoms with Gasteiger partial charge in [-0.1, -0.05) is 6.92 Å². The van der Waals surface area contributed by atoms with Gasteiger partial charge in [0, 0.05) is 31.5 Å². The number of nitrogens with one attached hydrogen (secondary N) is 1. The van der Waals surface area contributed by atoms with Gasteiger partial charge < -0.3 is 5.32 Å². The van der Waals surface area contributed by atoms with Crippen molar-refractivity contribution >= 4 is 11.7 Å². The number of aromatic nitrogens is 4. The molecule has 3 rings (SSSR count). The number of carbonyl (C=O) groups excluding carboxylic acids is 1. The van der Waals surface area contributed by atoms with Crippen LogP contribution in [-0.2, 0) is 4.79 Å². The first-order chi connectivity index (χ1) is 11.1. The van der Waals surface area contributed by atoms with Gasteiger partial charge in [-0.05, 0) is 26.3 Å². The minimum atomic E-state index is -0.165. The van der Waals surface area contributed by atoms with Gasteiger partial charge in [-0.15, -0.1) is 0 Å². The van der Waals surface area contributed by atoms with E-state index in [-0.39, 0.29) is 18.0 Å². The van der Waals surface area contributed by atoms with Gasteiger partial charge in [0.15, 0.2) is 0 Å². The van der Waals surface area contributed by atoms with E-state index >= 15 is 0 Å². The molecule has 1 aliphatic rings. The van der Waals surface area contributed by atoms with Crippen LogP contribution in [0, 0.1) is 0 Å². The molecule has 0 spiro atoms. The van der Waals surface area contributed by atoms with Crippen LogP contribution in [-0.4, -0.2) is 49.5 Å². The minimum Gasteiger partial charge on any atom is -0.310 e. The predicted octanol–water partition coefficient (Wildman–Crippen LogP) is 1.93. The Kier molecular flexibility index (Phi) is 4.47. The number of hydrogen-bond donors (Lipinski definition) is 1. The summed E-state index contributed by atoms with van der Waals surface area (Å²) in [4.78, 5) is 14.6. The molecular weight excluding hydrogens is 292 g/mol. The third-order valence-corrected chi connectivity index (χ3v) is 4.65. The molecule has 0 aromatic carbocycles. The zero-order valence-electron chi connectivity index (χ0n) is 13.9. The van der Waals surface area contributed by atoms with Crippen LogP contribution in [0.5, 0.6) is 0 Å². The summed E-state index contributed by atoms with van der Waals surface area (Å²) in [7, 11) is 0. The van der Waals surface area contributed by atoms with Gasteiger partial charge in [-0.2, -0.15) is 10.2 Å². The molecule has 0 bridgehead atoms. The Morgan fingerprint density at radius 3 is 2.78 bits per heavy atom. The summed E-state index contributed by atoms with van der Waals surface area (Å²) in [5.74, 6) is 0.773. The fourth-order valence-electron chi connectivity index (χ4n) is 2.80. The average Bonchev–Trinajstić information content (AvgIpc) is 3.16. The highest BCUT2D eigenvalue weighted by Gasteiger charge is 2.35. The minimum absolute atomic E-state index is 0.00830. The largest absolute Gasteiger partial charge is 0.310 e. The molecule has 1 N–H and O–H groups in total. The monoisotopic (exact) mass is 316 g/mol. The molecule has 1 aliphatic heterocycles. The second-order valence-corrected chi connectivity index (χ2v) is 6.18. The van der Waals surface area contributed by atoms with E-state index in [2.05, 4.69) is 34.3 Å². The third-order valence-electron chi connectivity index (χ3n) is 4.65. The van der Waals surface area contributed by atoms with E-state index < -0.39 is 0 Å². The summed E-state index contributed by atoms with van der Waals surface area (Å²) in [6.45, 7) is 7.84. The highest BCUT2D eigenvalue weighted by molar-refractivity contribution is 5.93. The molecule has 2 atom stereocenters. The first-order valence-electron chi connectivity index (χ1n) is 8.17. The van der Waals surface area contributed by atoms with Crippen LogP contribution in [0.1, 0.15) is 39.3 Å². The maximum absolute atomic E-state index is 12.5. The lowest BCUT2D eigenvalue weighted by molar-refractivity contribution is -0.123. The van der Waals surface area contributed by atoms with Gasteiger partial charge in [0.25, 0.3) is 0 Å². The Bertz CT molecular complexity index is 643. The fourth-order valence-corrected chi connectivity index (χ4v) is 2.80. The van der Waals surface area contributed by atoms with Crippen LogP contribution in [0.25, 0.3) is 0 Å². The van der Waals surface area contributed by atoms with Crippen molar-refractivity contribution in [2.75, 3.05) is 18.4 Å². The van der Waals surface area contributed by atoms with Gasteiger partial charge in [0.05, 0.1) is 24.3 Å². The smallest absolute Gasteiger partial charge is 0.242 e. The number of anilines is 1. The molecule has 1 saturated heterocycles. The second kappa shape index (κ2) is 6.54. The van der Waals surface area contributed by atoms with E-state index in [0.29, 0.717) is 6.04 Å². The van der Waals surface area contributed by atoms with Gasteiger partial charge in [0.2, 0.25) is 5.91 Å². The van der Waals surface area contributed by atoms with Crippen LogP contribution in [0.2, 0.25) is 0 Å². The third kappa shape index (κ3) is 3.14. The zero-order valence-corrected chi connectivity index (χ0v) is 13.9. The molecule has 2 aromatic heterocycles. The van der Waals surface area contributed by atoms with E-state index in [4.69, 9.17) is 0 Å².